The molecule has 2 aliphatic rings. The molecular formula is C22H23Cl2N3O2S2. The summed E-state index contributed by atoms with van der Waals surface area (Å²) in [6, 6.07) is 12.5. The minimum absolute atomic E-state index is 0.141. The van der Waals surface area contributed by atoms with Crippen LogP contribution < -0.4 is 0 Å². The topological polar surface area (TPSA) is 64.4 Å². The summed E-state index contributed by atoms with van der Waals surface area (Å²) in [4.78, 5) is 3.76. The molecule has 1 aliphatic heterocycles. The molecule has 9 heteroatoms. The Bertz CT molecular complexity index is 1100. The summed E-state index contributed by atoms with van der Waals surface area (Å²) >= 11 is 13.6. The van der Waals surface area contributed by atoms with Gasteiger partial charge in [-0.15, -0.1) is 0 Å². The Morgan fingerprint density at radius 1 is 0.968 bits per heavy atom. The summed E-state index contributed by atoms with van der Waals surface area (Å²) in [5, 5.41) is 10.4. The van der Waals surface area contributed by atoms with Crippen molar-refractivity contribution in [1.82, 2.24) is 9.21 Å². The Kier molecular flexibility index (Phi) is 7.17. The molecule has 2 aromatic rings. The summed E-state index contributed by atoms with van der Waals surface area (Å²) < 4.78 is 28.7. The molecule has 5 nitrogen and oxygen atoms in total. The van der Waals surface area contributed by atoms with Crippen LogP contribution in [0, 0.1) is 11.3 Å². The number of benzene rings is 2. The standard InChI is InChI=1S/C22H23Cl2N3O2S2/c23-17-6-7-19(24)21(14-17)30-20-8-5-16(15-25)13-22(20)31(28,29)27-11-9-26(10-12-27)18-3-1-2-4-18/h5-8,13-14,18H,1-4,9-12H2. The van der Waals surface area contributed by atoms with Crippen molar-refractivity contribution >= 4 is 45.0 Å². The van der Waals surface area contributed by atoms with E-state index in [-0.39, 0.29) is 4.90 Å². The summed E-state index contributed by atoms with van der Waals surface area (Å²) in [6.45, 7) is 2.39. The van der Waals surface area contributed by atoms with Gasteiger partial charge in [-0.05, 0) is 49.2 Å². The van der Waals surface area contributed by atoms with E-state index in [1.807, 2.05) is 0 Å². The lowest BCUT2D eigenvalue weighted by Crippen LogP contribution is -2.51. The minimum atomic E-state index is -3.76. The van der Waals surface area contributed by atoms with Gasteiger partial charge in [0.1, 0.15) is 0 Å². The van der Waals surface area contributed by atoms with Crippen LogP contribution in [0.15, 0.2) is 51.1 Å². The normalized spacial score (nSPS) is 18.9. The molecule has 1 saturated carbocycles. The van der Waals surface area contributed by atoms with Crippen LogP contribution in [0.2, 0.25) is 10.0 Å². The minimum Gasteiger partial charge on any atom is -0.298 e. The van der Waals surface area contributed by atoms with Crippen LogP contribution in [0.25, 0.3) is 0 Å². The third-order valence-corrected chi connectivity index (χ3v) is 9.80. The highest BCUT2D eigenvalue weighted by molar-refractivity contribution is 8.00. The van der Waals surface area contributed by atoms with Crippen molar-refractivity contribution < 1.29 is 8.42 Å². The van der Waals surface area contributed by atoms with Crippen molar-refractivity contribution in [1.29, 1.82) is 5.26 Å². The van der Waals surface area contributed by atoms with Crippen LogP contribution in [-0.2, 0) is 10.0 Å². The molecule has 0 N–H and O–H groups in total. The number of hydrogen-bond acceptors (Lipinski definition) is 5. The SMILES string of the molecule is N#Cc1ccc(Sc2cc(Cl)ccc2Cl)c(S(=O)(=O)N2CCN(C3CCCC3)CC2)c1. The zero-order valence-electron chi connectivity index (χ0n) is 16.9. The van der Waals surface area contributed by atoms with Crippen molar-refractivity contribution in [2.24, 2.45) is 0 Å². The highest BCUT2D eigenvalue weighted by Crippen LogP contribution is 2.39. The number of piperazine rings is 1. The lowest BCUT2D eigenvalue weighted by molar-refractivity contribution is 0.139. The van der Waals surface area contributed by atoms with Crippen molar-refractivity contribution in [3.63, 3.8) is 0 Å². The lowest BCUT2D eigenvalue weighted by atomic mass is 10.2. The first-order valence-corrected chi connectivity index (χ1v) is 13.3. The van der Waals surface area contributed by atoms with Gasteiger partial charge in [-0.3, -0.25) is 4.90 Å². The lowest BCUT2D eigenvalue weighted by Gasteiger charge is -2.37. The van der Waals surface area contributed by atoms with Crippen LogP contribution in [0.4, 0.5) is 0 Å². The average molecular weight is 496 g/mol. The van der Waals surface area contributed by atoms with Crippen LogP contribution in [0.1, 0.15) is 31.2 Å². The summed E-state index contributed by atoms with van der Waals surface area (Å²) in [5.41, 5.74) is 0.310. The van der Waals surface area contributed by atoms with E-state index < -0.39 is 10.0 Å². The highest BCUT2D eigenvalue weighted by atomic mass is 35.5. The molecule has 31 heavy (non-hydrogen) atoms. The molecule has 2 fully saturated rings. The fourth-order valence-corrected chi connectivity index (χ4v) is 7.57. The fourth-order valence-electron chi connectivity index (χ4n) is 4.25. The molecule has 1 heterocycles. The summed E-state index contributed by atoms with van der Waals surface area (Å²) in [6.07, 6.45) is 4.93. The average Bonchev–Trinajstić information content (AvgIpc) is 3.31. The Morgan fingerprint density at radius 2 is 1.68 bits per heavy atom. The molecule has 1 aliphatic carbocycles. The van der Waals surface area contributed by atoms with Gasteiger partial charge in [0.05, 0.1) is 21.6 Å². The van der Waals surface area contributed by atoms with Gasteiger partial charge in [0.25, 0.3) is 0 Å². The predicted molar refractivity (Wildman–Crippen MR) is 124 cm³/mol. The van der Waals surface area contributed by atoms with Crippen molar-refractivity contribution in [2.45, 2.75) is 46.4 Å². The van der Waals surface area contributed by atoms with E-state index in [0.29, 0.717) is 44.5 Å². The zero-order valence-corrected chi connectivity index (χ0v) is 20.1. The second-order valence-electron chi connectivity index (χ2n) is 7.83. The van der Waals surface area contributed by atoms with Gasteiger partial charge in [-0.25, -0.2) is 8.42 Å². The second kappa shape index (κ2) is 9.70. The third-order valence-electron chi connectivity index (χ3n) is 5.92. The molecule has 0 unspecified atom stereocenters. The van der Waals surface area contributed by atoms with Gasteiger partial charge in [-0.2, -0.15) is 9.57 Å². The van der Waals surface area contributed by atoms with Crippen LogP contribution in [-0.4, -0.2) is 49.8 Å². The molecule has 1 saturated heterocycles. The second-order valence-corrected chi connectivity index (χ2v) is 11.7. The smallest absolute Gasteiger partial charge is 0.244 e. The Labute approximate surface area is 198 Å². The highest BCUT2D eigenvalue weighted by Gasteiger charge is 2.33. The van der Waals surface area contributed by atoms with Gasteiger partial charge >= 0.3 is 0 Å². The Hall–Kier alpha value is -1.27. The van der Waals surface area contributed by atoms with Crippen LogP contribution in [0.5, 0.6) is 0 Å². The molecule has 0 spiro atoms. The molecule has 2 aromatic carbocycles. The quantitative estimate of drug-likeness (QED) is 0.565. The monoisotopic (exact) mass is 495 g/mol. The predicted octanol–water partition coefficient (Wildman–Crippen LogP) is 5.27. The molecular weight excluding hydrogens is 473 g/mol. The number of nitriles is 1. The molecule has 0 aromatic heterocycles. The van der Waals surface area contributed by atoms with Crippen molar-refractivity contribution in [3.8, 4) is 6.07 Å². The number of hydrogen-bond donors (Lipinski definition) is 0. The summed E-state index contributed by atoms with van der Waals surface area (Å²) in [5.74, 6) is 0. The van der Waals surface area contributed by atoms with Gasteiger partial charge in [0.15, 0.2) is 0 Å². The molecule has 0 amide bonds. The first-order valence-electron chi connectivity index (χ1n) is 10.3. The van der Waals surface area contributed by atoms with E-state index in [2.05, 4.69) is 11.0 Å². The van der Waals surface area contributed by atoms with E-state index in [4.69, 9.17) is 23.2 Å². The van der Waals surface area contributed by atoms with Gasteiger partial charge in [0.2, 0.25) is 10.0 Å². The van der Waals surface area contributed by atoms with Crippen molar-refractivity contribution in [2.75, 3.05) is 26.2 Å². The van der Waals surface area contributed by atoms with Gasteiger partial charge in [0, 0.05) is 47.0 Å². The van der Waals surface area contributed by atoms with E-state index in [0.717, 1.165) is 13.1 Å². The van der Waals surface area contributed by atoms with E-state index in [9.17, 15) is 13.7 Å². The molecule has 164 valence electrons. The van der Waals surface area contributed by atoms with E-state index >= 15 is 0 Å². The molecule has 0 bridgehead atoms. The maximum atomic E-state index is 13.6. The number of halogens is 2. The Balaban J connectivity index is 1.61. The number of rotatable bonds is 5. The fraction of sp³-hybridized carbons (Fsp3) is 0.409. The van der Waals surface area contributed by atoms with Gasteiger partial charge in [-0.1, -0.05) is 47.8 Å². The first-order chi connectivity index (χ1) is 14.9. The molecule has 0 atom stereocenters. The molecule has 0 radical (unpaired) electrons. The third kappa shape index (κ3) is 5.05. The van der Waals surface area contributed by atoms with E-state index in [1.165, 1.54) is 43.5 Å². The van der Waals surface area contributed by atoms with E-state index in [1.54, 1.807) is 34.6 Å². The van der Waals surface area contributed by atoms with Gasteiger partial charge < -0.3 is 0 Å². The maximum absolute atomic E-state index is 13.6. The summed E-state index contributed by atoms with van der Waals surface area (Å²) in [7, 11) is -3.76. The maximum Gasteiger partial charge on any atom is 0.244 e. The number of nitrogens with zero attached hydrogens (tertiary/aromatic N) is 3. The van der Waals surface area contributed by atoms with Crippen LogP contribution in [0.3, 0.4) is 0 Å². The first kappa shape index (κ1) is 22.9. The van der Waals surface area contributed by atoms with Crippen LogP contribution >= 0.6 is 35.0 Å². The molecule has 4 rings (SSSR count). The number of sulfonamides is 1. The Morgan fingerprint density at radius 3 is 2.35 bits per heavy atom. The largest absolute Gasteiger partial charge is 0.298 e. The zero-order chi connectivity index (χ0) is 22.0. The van der Waals surface area contributed by atoms with Crippen molar-refractivity contribution in [3.05, 3.63) is 52.0 Å².